The summed E-state index contributed by atoms with van der Waals surface area (Å²) in [5.74, 6) is -1.31. The van der Waals surface area contributed by atoms with Crippen molar-refractivity contribution < 1.29 is 38.1 Å². The zero-order valence-corrected chi connectivity index (χ0v) is 20.3. The molecule has 0 spiro atoms. The van der Waals surface area contributed by atoms with Crippen molar-refractivity contribution in [2.45, 2.75) is 6.92 Å². The van der Waals surface area contributed by atoms with E-state index in [1.54, 1.807) is 49.4 Å². The number of nitrogens with one attached hydrogen (secondary N) is 2. The van der Waals surface area contributed by atoms with Gasteiger partial charge in [-0.2, -0.15) is 0 Å². The lowest BCUT2D eigenvalue weighted by Crippen LogP contribution is -2.22. The molecule has 0 saturated carbocycles. The minimum absolute atomic E-state index is 0.188. The molecular formula is C27H26N2O8. The number of amides is 2. The van der Waals surface area contributed by atoms with Gasteiger partial charge in [0.15, 0.2) is 13.2 Å². The third kappa shape index (κ3) is 8.10. The summed E-state index contributed by atoms with van der Waals surface area (Å²) in [4.78, 5) is 48.7. The predicted molar refractivity (Wildman–Crippen MR) is 135 cm³/mol. The van der Waals surface area contributed by atoms with E-state index in [9.17, 15) is 19.2 Å². The molecule has 3 aromatic rings. The average Bonchev–Trinajstić information content (AvgIpc) is 2.91. The van der Waals surface area contributed by atoms with Gasteiger partial charge in [-0.3, -0.25) is 9.59 Å². The van der Waals surface area contributed by atoms with Gasteiger partial charge in [0.05, 0.1) is 30.5 Å². The van der Waals surface area contributed by atoms with E-state index in [0.29, 0.717) is 17.2 Å². The molecule has 0 unspecified atom stereocenters. The monoisotopic (exact) mass is 506 g/mol. The normalized spacial score (nSPS) is 10.1. The topological polar surface area (TPSA) is 129 Å². The molecule has 0 fully saturated rings. The van der Waals surface area contributed by atoms with E-state index >= 15 is 0 Å². The highest BCUT2D eigenvalue weighted by Crippen LogP contribution is 2.18. The van der Waals surface area contributed by atoms with Gasteiger partial charge < -0.3 is 29.6 Å². The number of ether oxygens (including phenoxy) is 4. The lowest BCUT2D eigenvalue weighted by atomic mass is 10.2. The first-order valence-corrected chi connectivity index (χ1v) is 11.3. The first-order chi connectivity index (χ1) is 17.9. The van der Waals surface area contributed by atoms with E-state index in [1.165, 1.54) is 37.4 Å². The molecule has 2 amide bonds. The maximum atomic E-state index is 12.3. The van der Waals surface area contributed by atoms with Crippen molar-refractivity contribution in [3.8, 4) is 11.5 Å². The highest BCUT2D eigenvalue weighted by atomic mass is 16.5. The van der Waals surface area contributed by atoms with E-state index in [-0.39, 0.29) is 35.9 Å². The Balaban J connectivity index is 1.46. The van der Waals surface area contributed by atoms with Crippen LogP contribution >= 0.6 is 0 Å². The molecule has 0 aliphatic heterocycles. The molecular weight excluding hydrogens is 480 g/mol. The van der Waals surface area contributed by atoms with Gasteiger partial charge in [0.25, 0.3) is 11.8 Å². The summed E-state index contributed by atoms with van der Waals surface area (Å²) >= 11 is 0. The number of hydrogen-bond donors (Lipinski definition) is 2. The maximum Gasteiger partial charge on any atom is 0.340 e. The molecule has 3 aromatic carbocycles. The summed E-state index contributed by atoms with van der Waals surface area (Å²) in [6.07, 6.45) is 0. The van der Waals surface area contributed by atoms with Crippen molar-refractivity contribution >= 4 is 35.1 Å². The molecule has 0 radical (unpaired) electrons. The predicted octanol–water partition coefficient (Wildman–Crippen LogP) is 3.68. The van der Waals surface area contributed by atoms with Crippen LogP contribution in [0.5, 0.6) is 11.5 Å². The SMILES string of the molecule is CCOC(=O)c1ccccc1NC(=O)COC(=O)c1ccc(OCC(=O)Nc2cccc(OC)c2)cc1. The van der Waals surface area contributed by atoms with Crippen LogP contribution in [0.4, 0.5) is 11.4 Å². The Labute approximate surface area is 213 Å². The van der Waals surface area contributed by atoms with Crippen LogP contribution in [0.25, 0.3) is 0 Å². The number of hydrogen-bond acceptors (Lipinski definition) is 8. The van der Waals surface area contributed by atoms with Gasteiger partial charge in [0.1, 0.15) is 11.5 Å². The van der Waals surface area contributed by atoms with Gasteiger partial charge in [-0.05, 0) is 55.5 Å². The van der Waals surface area contributed by atoms with Crippen LogP contribution in [0.2, 0.25) is 0 Å². The van der Waals surface area contributed by atoms with Crippen LogP contribution in [-0.4, -0.2) is 50.7 Å². The fourth-order valence-corrected chi connectivity index (χ4v) is 3.11. The summed E-state index contributed by atoms with van der Waals surface area (Å²) in [5, 5.41) is 5.23. The molecule has 37 heavy (non-hydrogen) atoms. The van der Waals surface area contributed by atoms with Gasteiger partial charge in [0, 0.05) is 11.8 Å². The molecule has 192 valence electrons. The summed E-state index contributed by atoms with van der Waals surface area (Å²) in [6.45, 7) is 1.07. The molecule has 0 bridgehead atoms. The van der Waals surface area contributed by atoms with E-state index in [4.69, 9.17) is 18.9 Å². The molecule has 0 aliphatic carbocycles. The fraction of sp³-hybridized carbons (Fsp3) is 0.185. The smallest absolute Gasteiger partial charge is 0.340 e. The van der Waals surface area contributed by atoms with Crippen LogP contribution < -0.4 is 20.1 Å². The van der Waals surface area contributed by atoms with Gasteiger partial charge in [0.2, 0.25) is 0 Å². The molecule has 2 N–H and O–H groups in total. The molecule has 0 aromatic heterocycles. The van der Waals surface area contributed by atoms with Gasteiger partial charge >= 0.3 is 11.9 Å². The Morgan fingerprint density at radius 2 is 1.46 bits per heavy atom. The van der Waals surface area contributed by atoms with E-state index < -0.39 is 24.5 Å². The Hall–Kier alpha value is -4.86. The molecule has 0 saturated heterocycles. The first kappa shape index (κ1) is 26.7. The largest absolute Gasteiger partial charge is 0.497 e. The summed E-state index contributed by atoms with van der Waals surface area (Å²) in [7, 11) is 1.53. The maximum absolute atomic E-state index is 12.3. The van der Waals surface area contributed by atoms with Crippen molar-refractivity contribution in [2.75, 3.05) is 37.6 Å². The third-order valence-corrected chi connectivity index (χ3v) is 4.84. The number of para-hydroxylation sites is 1. The number of benzene rings is 3. The Morgan fingerprint density at radius 3 is 2.19 bits per heavy atom. The van der Waals surface area contributed by atoms with Crippen LogP contribution in [0.3, 0.4) is 0 Å². The second-order valence-electron chi connectivity index (χ2n) is 7.48. The lowest BCUT2D eigenvalue weighted by Gasteiger charge is -2.11. The van der Waals surface area contributed by atoms with Crippen molar-refractivity contribution in [1.82, 2.24) is 0 Å². The fourth-order valence-electron chi connectivity index (χ4n) is 3.11. The third-order valence-electron chi connectivity index (χ3n) is 4.84. The molecule has 10 heteroatoms. The zero-order valence-electron chi connectivity index (χ0n) is 20.3. The molecule has 0 atom stereocenters. The average molecular weight is 507 g/mol. The zero-order chi connectivity index (χ0) is 26.6. The summed E-state index contributed by atoms with van der Waals surface area (Å²) in [5.41, 5.74) is 1.20. The van der Waals surface area contributed by atoms with Crippen molar-refractivity contribution in [3.05, 3.63) is 83.9 Å². The van der Waals surface area contributed by atoms with Crippen LogP contribution in [0, 0.1) is 0 Å². The Morgan fingerprint density at radius 1 is 0.730 bits per heavy atom. The van der Waals surface area contributed by atoms with E-state index in [0.717, 1.165) is 0 Å². The second-order valence-corrected chi connectivity index (χ2v) is 7.48. The minimum Gasteiger partial charge on any atom is -0.497 e. The highest BCUT2D eigenvalue weighted by molar-refractivity contribution is 6.02. The highest BCUT2D eigenvalue weighted by Gasteiger charge is 2.16. The van der Waals surface area contributed by atoms with Crippen LogP contribution in [0.1, 0.15) is 27.6 Å². The number of esters is 2. The van der Waals surface area contributed by atoms with E-state index in [2.05, 4.69) is 10.6 Å². The van der Waals surface area contributed by atoms with Gasteiger partial charge in [-0.25, -0.2) is 9.59 Å². The molecule has 0 heterocycles. The second kappa shape index (κ2) is 13.3. The molecule has 10 nitrogen and oxygen atoms in total. The first-order valence-electron chi connectivity index (χ1n) is 11.3. The van der Waals surface area contributed by atoms with Crippen molar-refractivity contribution in [3.63, 3.8) is 0 Å². The molecule has 3 rings (SSSR count). The van der Waals surface area contributed by atoms with Crippen molar-refractivity contribution in [2.24, 2.45) is 0 Å². The number of carbonyl (C=O) groups excluding carboxylic acids is 4. The number of carbonyl (C=O) groups is 4. The van der Waals surface area contributed by atoms with Gasteiger partial charge in [-0.15, -0.1) is 0 Å². The Bertz CT molecular complexity index is 1260. The molecule has 0 aliphatic rings. The quantitative estimate of drug-likeness (QED) is 0.377. The van der Waals surface area contributed by atoms with E-state index in [1.807, 2.05) is 0 Å². The Kier molecular flexibility index (Phi) is 9.60. The summed E-state index contributed by atoms with van der Waals surface area (Å²) < 4.78 is 20.6. The van der Waals surface area contributed by atoms with Crippen LogP contribution in [-0.2, 0) is 19.1 Å². The summed E-state index contributed by atoms with van der Waals surface area (Å²) in [6, 6.07) is 19.2. The van der Waals surface area contributed by atoms with Crippen LogP contribution in [0.15, 0.2) is 72.8 Å². The lowest BCUT2D eigenvalue weighted by molar-refractivity contribution is -0.119. The number of rotatable bonds is 11. The standard InChI is InChI=1S/C27H26N2O8/c1-3-35-27(33)22-9-4-5-10-23(22)29-25(31)17-37-26(32)18-11-13-20(14-12-18)36-16-24(30)28-19-7-6-8-21(15-19)34-2/h4-15H,3,16-17H2,1-2H3,(H,28,30)(H,29,31). The van der Waals surface area contributed by atoms with Gasteiger partial charge in [-0.1, -0.05) is 18.2 Å². The number of methoxy groups -OCH3 is 1. The van der Waals surface area contributed by atoms with Crippen molar-refractivity contribution in [1.29, 1.82) is 0 Å². The number of anilines is 2. The minimum atomic E-state index is -0.726.